The number of hydrogen-bond acceptors (Lipinski definition) is 7. The van der Waals surface area contributed by atoms with Crippen molar-refractivity contribution in [3.05, 3.63) is 27.8 Å². The summed E-state index contributed by atoms with van der Waals surface area (Å²) in [4.78, 5) is 20.5. The largest absolute Gasteiger partial charge is 0.496 e. The smallest absolute Gasteiger partial charge is 0.341 e. The van der Waals surface area contributed by atoms with Crippen LogP contribution in [0.25, 0.3) is 0 Å². The average molecular weight is 310 g/mol. The number of ether oxygens (including phenoxy) is 2. The molecule has 1 aromatic rings. The van der Waals surface area contributed by atoms with Crippen molar-refractivity contribution in [3.8, 4) is 5.75 Å². The third-order valence-electron chi connectivity index (χ3n) is 2.15. The van der Waals surface area contributed by atoms with Crippen LogP contribution in [0.4, 0.5) is 5.69 Å². The number of halogens is 1. The van der Waals surface area contributed by atoms with Gasteiger partial charge in [-0.2, -0.15) is 0 Å². The Bertz CT molecular complexity index is 640. The summed E-state index contributed by atoms with van der Waals surface area (Å²) in [6.07, 6.45) is 0. The maximum absolute atomic E-state index is 11.4. The molecule has 0 aliphatic carbocycles. The van der Waals surface area contributed by atoms with Gasteiger partial charge in [0.1, 0.15) is 11.3 Å². The van der Waals surface area contributed by atoms with Crippen LogP contribution in [0.3, 0.4) is 0 Å². The van der Waals surface area contributed by atoms with Crippen LogP contribution < -0.4 is 4.74 Å². The molecule has 0 N–H and O–H groups in total. The van der Waals surface area contributed by atoms with Crippen molar-refractivity contribution in [3.63, 3.8) is 0 Å². The minimum absolute atomic E-state index is 0.192. The van der Waals surface area contributed by atoms with Crippen molar-refractivity contribution >= 4 is 31.4 Å². The number of carbonyl (C=O) groups excluding carboxylic acids is 1. The molecular formula is C9H8ClNO7S. The van der Waals surface area contributed by atoms with Gasteiger partial charge in [0.25, 0.3) is 14.7 Å². The van der Waals surface area contributed by atoms with Gasteiger partial charge in [0, 0.05) is 10.7 Å². The van der Waals surface area contributed by atoms with E-state index in [1.807, 2.05) is 0 Å². The van der Waals surface area contributed by atoms with Gasteiger partial charge in [-0.25, -0.2) is 13.2 Å². The molecule has 0 aliphatic rings. The van der Waals surface area contributed by atoms with Crippen LogP contribution in [0.1, 0.15) is 10.4 Å². The Labute approximate surface area is 112 Å². The van der Waals surface area contributed by atoms with Gasteiger partial charge >= 0.3 is 5.97 Å². The molecule has 0 unspecified atom stereocenters. The second kappa shape index (κ2) is 5.41. The predicted octanol–water partition coefficient (Wildman–Crippen LogP) is 1.32. The Hall–Kier alpha value is -1.87. The summed E-state index contributed by atoms with van der Waals surface area (Å²) >= 11 is 0. The fourth-order valence-corrected chi connectivity index (χ4v) is 2.34. The molecule has 10 heteroatoms. The maximum atomic E-state index is 11.4. The zero-order valence-electron chi connectivity index (χ0n) is 9.75. The van der Waals surface area contributed by atoms with Gasteiger partial charge in [0.2, 0.25) is 0 Å². The Morgan fingerprint density at radius 1 is 1.37 bits per heavy atom. The summed E-state index contributed by atoms with van der Waals surface area (Å²) < 4.78 is 31.8. The molecular weight excluding hydrogens is 302 g/mol. The minimum atomic E-state index is -4.40. The van der Waals surface area contributed by atoms with Gasteiger partial charge in [-0.3, -0.25) is 10.1 Å². The van der Waals surface area contributed by atoms with Gasteiger partial charge in [-0.05, 0) is 6.07 Å². The summed E-state index contributed by atoms with van der Waals surface area (Å²) in [6.45, 7) is 0. The van der Waals surface area contributed by atoms with Gasteiger partial charge in [-0.15, -0.1) is 0 Å². The molecule has 0 fully saturated rings. The van der Waals surface area contributed by atoms with E-state index in [-0.39, 0.29) is 11.3 Å². The van der Waals surface area contributed by atoms with E-state index in [2.05, 4.69) is 4.74 Å². The van der Waals surface area contributed by atoms with Gasteiger partial charge in [0.15, 0.2) is 4.90 Å². The van der Waals surface area contributed by atoms with Crippen molar-refractivity contribution < 1.29 is 27.6 Å². The highest BCUT2D eigenvalue weighted by atomic mass is 35.7. The normalized spacial score (nSPS) is 10.9. The Kier molecular flexibility index (Phi) is 4.32. The molecule has 1 rings (SSSR count). The lowest BCUT2D eigenvalue weighted by Gasteiger charge is -2.08. The van der Waals surface area contributed by atoms with Crippen LogP contribution >= 0.6 is 10.7 Å². The second-order valence-electron chi connectivity index (χ2n) is 3.21. The standard InChI is InChI=1S/C9H8ClNO7S/c1-17-7-4-6(11(13)14)8(19(10,15)16)3-5(7)9(12)18-2/h3-4H,1-2H3. The highest BCUT2D eigenvalue weighted by molar-refractivity contribution is 8.13. The highest BCUT2D eigenvalue weighted by Gasteiger charge is 2.29. The van der Waals surface area contributed by atoms with Crippen LogP contribution in [-0.2, 0) is 13.8 Å². The molecule has 0 bridgehead atoms. The lowest BCUT2D eigenvalue weighted by molar-refractivity contribution is -0.387. The average Bonchev–Trinajstić information content (AvgIpc) is 2.34. The van der Waals surface area contributed by atoms with Crippen LogP contribution in [-0.4, -0.2) is 33.5 Å². The molecule has 8 nitrogen and oxygen atoms in total. The van der Waals surface area contributed by atoms with Crippen molar-refractivity contribution in [2.24, 2.45) is 0 Å². The second-order valence-corrected chi connectivity index (χ2v) is 5.74. The molecule has 104 valence electrons. The van der Waals surface area contributed by atoms with Crippen LogP contribution in [0.2, 0.25) is 0 Å². The molecule has 0 saturated carbocycles. The third kappa shape index (κ3) is 3.12. The first-order valence-electron chi connectivity index (χ1n) is 4.61. The molecule has 0 spiro atoms. The van der Waals surface area contributed by atoms with Gasteiger partial charge in [0.05, 0.1) is 25.2 Å². The molecule has 0 amide bonds. The zero-order chi connectivity index (χ0) is 14.8. The quantitative estimate of drug-likeness (QED) is 0.356. The number of benzene rings is 1. The van der Waals surface area contributed by atoms with E-state index in [0.29, 0.717) is 0 Å². The zero-order valence-corrected chi connectivity index (χ0v) is 11.3. The summed E-state index contributed by atoms with van der Waals surface area (Å²) in [7, 11) is 2.93. The van der Waals surface area contributed by atoms with Crippen LogP contribution in [0.15, 0.2) is 17.0 Å². The summed E-state index contributed by atoms with van der Waals surface area (Å²) in [6, 6.07) is 1.53. The Morgan fingerprint density at radius 2 is 1.95 bits per heavy atom. The lowest BCUT2D eigenvalue weighted by Crippen LogP contribution is -2.08. The fourth-order valence-electron chi connectivity index (χ4n) is 1.33. The first-order valence-corrected chi connectivity index (χ1v) is 6.92. The molecule has 0 aliphatic heterocycles. The number of hydrogen-bond donors (Lipinski definition) is 0. The number of nitro groups is 1. The maximum Gasteiger partial charge on any atom is 0.341 e. The SMILES string of the molecule is COC(=O)c1cc(S(=O)(=O)Cl)c([N+](=O)[O-])cc1OC. The van der Waals surface area contributed by atoms with Gasteiger partial charge < -0.3 is 9.47 Å². The molecule has 19 heavy (non-hydrogen) atoms. The highest BCUT2D eigenvalue weighted by Crippen LogP contribution is 2.34. The number of rotatable bonds is 4. The van der Waals surface area contributed by atoms with Crippen molar-refractivity contribution in [2.75, 3.05) is 14.2 Å². The molecule has 0 saturated heterocycles. The Morgan fingerprint density at radius 3 is 2.32 bits per heavy atom. The first kappa shape index (κ1) is 15.2. The summed E-state index contributed by atoms with van der Waals surface area (Å²) in [5, 5.41) is 10.8. The van der Waals surface area contributed by atoms with Crippen molar-refractivity contribution in [1.29, 1.82) is 0 Å². The molecule has 0 atom stereocenters. The van der Waals surface area contributed by atoms with Crippen LogP contribution in [0, 0.1) is 10.1 Å². The Balaban J connectivity index is 3.71. The molecule has 0 aromatic heterocycles. The minimum Gasteiger partial charge on any atom is -0.496 e. The summed E-state index contributed by atoms with van der Waals surface area (Å²) in [5.41, 5.74) is -1.07. The van der Waals surface area contributed by atoms with Crippen LogP contribution in [0.5, 0.6) is 5.75 Å². The third-order valence-corrected chi connectivity index (χ3v) is 3.50. The summed E-state index contributed by atoms with van der Waals surface area (Å²) in [5.74, 6) is -1.10. The van der Waals surface area contributed by atoms with Crippen molar-refractivity contribution in [1.82, 2.24) is 0 Å². The van der Waals surface area contributed by atoms with Gasteiger partial charge in [-0.1, -0.05) is 0 Å². The van der Waals surface area contributed by atoms with E-state index in [9.17, 15) is 23.3 Å². The van der Waals surface area contributed by atoms with E-state index < -0.39 is 30.5 Å². The number of nitrogens with zero attached hydrogens (tertiary/aromatic N) is 1. The number of esters is 1. The number of methoxy groups -OCH3 is 2. The molecule has 1 aromatic carbocycles. The van der Waals surface area contributed by atoms with E-state index in [1.54, 1.807) is 0 Å². The first-order chi connectivity index (χ1) is 8.72. The van der Waals surface area contributed by atoms with Crippen molar-refractivity contribution in [2.45, 2.75) is 4.90 Å². The predicted molar refractivity (Wildman–Crippen MR) is 64.0 cm³/mol. The molecule has 0 heterocycles. The number of carbonyl (C=O) groups is 1. The topological polar surface area (TPSA) is 113 Å². The van der Waals surface area contributed by atoms with E-state index in [4.69, 9.17) is 15.4 Å². The van der Waals surface area contributed by atoms with E-state index in [1.165, 1.54) is 7.11 Å². The van der Waals surface area contributed by atoms with E-state index in [0.717, 1.165) is 19.2 Å². The van der Waals surface area contributed by atoms with E-state index >= 15 is 0 Å². The molecule has 0 radical (unpaired) electrons. The lowest BCUT2D eigenvalue weighted by atomic mass is 10.2. The fraction of sp³-hybridized carbons (Fsp3) is 0.222. The number of nitro benzene ring substituents is 1. The monoisotopic (exact) mass is 309 g/mol.